The third kappa shape index (κ3) is 5.17. The van der Waals surface area contributed by atoms with Gasteiger partial charge in [0.1, 0.15) is 0 Å². The van der Waals surface area contributed by atoms with Gasteiger partial charge in [0.15, 0.2) is 0 Å². The summed E-state index contributed by atoms with van der Waals surface area (Å²) in [5.41, 5.74) is 1.35. The quantitative estimate of drug-likeness (QED) is 0.704. The zero-order chi connectivity index (χ0) is 13.2. The standard InChI is InChI=1S/C15H26N2O/c1-3-16-15(14-8-6-5-7-9-14)10-11-17(4-2)12-13-18/h5-9,15-16,18H,3-4,10-13H2,1-2H3. The summed E-state index contributed by atoms with van der Waals surface area (Å²) in [5, 5.41) is 12.5. The van der Waals surface area contributed by atoms with Gasteiger partial charge in [-0.3, -0.25) is 0 Å². The maximum Gasteiger partial charge on any atom is 0.0558 e. The van der Waals surface area contributed by atoms with Gasteiger partial charge in [0, 0.05) is 19.1 Å². The molecule has 1 unspecified atom stereocenters. The summed E-state index contributed by atoms with van der Waals surface area (Å²) in [5.74, 6) is 0. The minimum atomic E-state index is 0.241. The molecule has 3 heteroatoms. The molecule has 0 aliphatic carbocycles. The first-order chi connectivity index (χ1) is 8.81. The number of nitrogens with zero attached hydrogens (tertiary/aromatic N) is 1. The van der Waals surface area contributed by atoms with Gasteiger partial charge in [0.2, 0.25) is 0 Å². The van der Waals surface area contributed by atoms with Crippen LogP contribution in [0.2, 0.25) is 0 Å². The molecule has 0 aliphatic heterocycles. The van der Waals surface area contributed by atoms with Crippen LogP contribution in [-0.2, 0) is 0 Å². The molecule has 18 heavy (non-hydrogen) atoms. The lowest BCUT2D eigenvalue weighted by molar-refractivity contribution is 0.195. The van der Waals surface area contributed by atoms with Gasteiger partial charge in [0.05, 0.1) is 6.61 Å². The fourth-order valence-electron chi connectivity index (χ4n) is 2.20. The van der Waals surface area contributed by atoms with Crippen molar-refractivity contribution in [3.8, 4) is 0 Å². The molecule has 0 fully saturated rings. The van der Waals surface area contributed by atoms with Crippen LogP contribution in [-0.4, -0.2) is 42.8 Å². The van der Waals surface area contributed by atoms with Gasteiger partial charge < -0.3 is 15.3 Å². The fourth-order valence-corrected chi connectivity index (χ4v) is 2.20. The highest BCUT2D eigenvalue weighted by Crippen LogP contribution is 2.16. The molecule has 0 spiro atoms. The Hall–Kier alpha value is -0.900. The van der Waals surface area contributed by atoms with Crippen molar-refractivity contribution in [2.75, 3.05) is 32.8 Å². The van der Waals surface area contributed by atoms with Crippen molar-refractivity contribution >= 4 is 0 Å². The first-order valence-electron chi connectivity index (χ1n) is 6.93. The topological polar surface area (TPSA) is 35.5 Å². The second-order valence-electron chi connectivity index (χ2n) is 4.47. The highest BCUT2D eigenvalue weighted by molar-refractivity contribution is 5.18. The van der Waals surface area contributed by atoms with Gasteiger partial charge in [-0.25, -0.2) is 0 Å². The normalized spacial score (nSPS) is 12.9. The number of hydrogen-bond acceptors (Lipinski definition) is 3. The molecule has 0 bridgehead atoms. The van der Waals surface area contributed by atoms with E-state index in [4.69, 9.17) is 5.11 Å². The zero-order valence-corrected chi connectivity index (χ0v) is 11.6. The second kappa shape index (κ2) is 9.09. The molecule has 0 saturated carbocycles. The van der Waals surface area contributed by atoms with E-state index in [9.17, 15) is 0 Å². The first kappa shape index (κ1) is 15.2. The number of rotatable bonds is 9. The summed E-state index contributed by atoms with van der Waals surface area (Å²) in [4.78, 5) is 2.28. The Labute approximate surface area is 111 Å². The van der Waals surface area contributed by atoms with Crippen molar-refractivity contribution < 1.29 is 5.11 Å². The Morgan fingerprint density at radius 2 is 1.89 bits per heavy atom. The monoisotopic (exact) mass is 250 g/mol. The molecule has 0 aromatic heterocycles. The summed E-state index contributed by atoms with van der Waals surface area (Å²) < 4.78 is 0. The maximum absolute atomic E-state index is 9.00. The lowest BCUT2D eigenvalue weighted by Gasteiger charge is -2.24. The highest BCUT2D eigenvalue weighted by atomic mass is 16.3. The Bertz CT molecular complexity index is 303. The van der Waals surface area contributed by atoms with Gasteiger partial charge in [-0.2, -0.15) is 0 Å². The van der Waals surface area contributed by atoms with Crippen LogP contribution in [0.4, 0.5) is 0 Å². The van der Waals surface area contributed by atoms with Crippen LogP contribution in [0.5, 0.6) is 0 Å². The summed E-state index contributed by atoms with van der Waals surface area (Å²) in [6, 6.07) is 11.0. The van der Waals surface area contributed by atoms with Crippen molar-refractivity contribution in [1.29, 1.82) is 0 Å². The number of nitrogens with one attached hydrogen (secondary N) is 1. The van der Waals surface area contributed by atoms with Crippen LogP contribution < -0.4 is 5.32 Å². The molecular formula is C15H26N2O. The van der Waals surface area contributed by atoms with E-state index in [1.807, 2.05) is 0 Å². The van der Waals surface area contributed by atoms with Crippen molar-refractivity contribution in [2.24, 2.45) is 0 Å². The molecule has 0 aliphatic rings. The minimum absolute atomic E-state index is 0.241. The summed E-state index contributed by atoms with van der Waals surface area (Å²) in [7, 11) is 0. The molecule has 0 saturated heterocycles. The number of likely N-dealkylation sites (N-methyl/N-ethyl adjacent to an activating group) is 1. The van der Waals surface area contributed by atoms with Gasteiger partial charge in [-0.15, -0.1) is 0 Å². The Morgan fingerprint density at radius 3 is 2.44 bits per heavy atom. The third-order valence-corrected chi connectivity index (χ3v) is 3.25. The molecule has 1 atom stereocenters. The lowest BCUT2D eigenvalue weighted by atomic mass is 10.0. The molecule has 0 radical (unpaired) electrons. The minimum Gasteiger partial charge on any atom is -0.395 e. The van der Waals surface area contributed by atoms with Crippen LogP contribution in [0.1, 0.15) is 31.9 Å². The van der Waals surface area contributed by atoms with Crippen LogP contribution in [0.3, 0.4) is 0 Å². The molecule has 3 nitrogen and oxygen atoms in total. The summed E-state index contributed by atoms with van der Waals surface area (Å²) in [6.07, 6.45) is 1.08. The molecular weight excluding hydrogens is 224 g/mol. The van der Waals surface area contributed by atoms with E-state index < -0.39 is 0 Å². The number of aliphatic hydroxyl groups is 1. The van der Waals surface area contributed by atoms with Crippen molar-refractivity contribution in [3.63, 3.8) is 0 Å². The number of aliphatic hydroxyl groups excluding tert-OH is 1. The number of benzene rings is 1. The van der Waals surface area contributed by atoms with Gasteiger partial charge in [-0.1, -0.05) is 44.2 Å². The third-order valence-electron chi connectivity index (χ3n) is 3.25. The van der Waals surface area contributed by atoms with Gasteiger partial charge >= 0.3 is 0 Å². The van der Waals surface area contributed by atoms with Gasteiger partial charge in [0.25, 0.3) is 0 Å². The van der Waals surface area contributed by atoms with Crippen LogP contribution in [0.15, 0.2) is 30.3 Å². The lowest BCUT2D eigenvalue weighted by Crippen LogP contribution is -2.31. The molecule has 1 aromatic rings. The smallest absolute Gasteiger partial charge is 0.0558 e. The molecule has 0 amide bonds. The predicted octanol–water partition coefficient (Wildman–Crippen LogP) is 2.04. The summed E-state index contributed by atoms with van der Waals surface area (Å²) in [6.45, 7) is 8.28. The molecule has 0 heterocycles. The predicted molar refractivity (Wildman–Crippen MR) is 76.7 cm³/mol. The Balaban J connectivity index is 2.53. The van der Waals surface area contributed by atoms with E-state index in [1.165, 1.54) is 5.56 Å². The van der Waals surface area contributed by atoms with Crippen molar-refractivity contribution in [2.45, 2.75) is 26.3 Å². The van der Waals surface area contributed by atoms with E-state index >= 15 is 0 Å². The van der Waals surface area contributed by atoms with Crippen LogP contribution in [0.25, 0.3) is 0 Å². The van der Waals surface area contributed by atoms with E-state index in [0.717, 1.165) is 32.6 Å². The number of hydrogen-bond donors (Lipinski definition) is 2. The van der Waals surface area contributed by atoms with E-state index in [0.29, 0.717) is 6.04 Å². The average Bonchev–Trinajstić information content (AvgIpc) is 2.43. The Kier molecular flexibility index (Phi) is 7.65. The van der Waals surface area contributed by atoms with E-state index in [-0.39, 0.29) is 6.61 Å². The Morgan fingerprint density at radius 1 is 1.17 bits per heavy atom. The average molecular weight is 250 g/mol. The first-order valence-corrected chi connectivity index (χ1v) is 6.93. The van der Waals surface area contributed by atoms with E-state index in [1.54, 1.807) is 0 Å². The van der Waals surface area contributed by atoms with Crippen molar-refractivity contribution in [1.82, 2.24) is 10.2 Å². The summed E-state index contributed by atoms with van der Waals surface area (Å²) >= 11 is 0. The molecule has 1 aromatic carbocycles. The molecule has 102 valence electrons. The molecule has 1 rings (SSSR count). The maximum atomic E-state index is 9.00. The molecule has 2 N–H and O–H groups in total. The van der Waals surface area contributed by atoms with Crippen molar-refractivity contribution in [3.05, 3.63) is 35.9 Å². The van der Waals surface area contributed by atoms with E-state index in [2.05, 4.69) is 54.4 Å². The van der Waals surface area contributed by atoms with Gasteiger partial charge in [-0.05, 0) is 25.1 Å². The fraction of sp³-hybridized carbons (Fsp3) is 0.600. The highest BCUT2D eigenvalue weighted by Gasteiger charge is 2.11. The second-order valence-corrected chi connectivity index (χ2v) is 4.47. The van der Waals surface area contributed by atoms with Crippen LogP contribution in [0, 0.1) is 0 Å². The largest absolute Gasteiger partial charge is 0.395 e. The SMILES string of the molecule is CCNC(CCN(CC)CCO)c1ccccc1. The van der Waals surface area contributed by atoms with Crippen LogP contribution >= 0.6 is 0 Å². The zero-order valence-electron chi connectivity index (χ0n) is 11.6.